The molecule has 19 heavy (non-hydrogen) atoms. The summed E-state index contributed by atoms with van der Waals surface area (Å²) in [4.78, 5) is 13.7. The van der Waals surface area contributed by atoms with Crippen LogP contribution in [0.25, 0.3) is 0 Å². The number of carbonyl (C=O) groups is 1. The van der Waals surface area contributed by atoms with Gasteiger partial charge in [0, 0.05) is 32.3 Å². The molecule has 5 nitrogen and oxygen atoms in total. The van der Waals surface area contributed by atoms with Crippen LogP contribution in [-0.4, -0.2) is 55.0 Å². The molecular weight excluding hydrogens is 244 g/mol. The molecule has 2 fully saturated rings. The van der Waals surface area contributed by atoms with E-state index in [0.717, 1.165) is 32.4 Å². The fraction of sp³-hybridized carbons (Fsp3) is 0.929. The molecule has 1 saturated heterocycles. The van der Waals surface area contributed by atoms with E-state index in [-0.39, 0.29) is 6.09 Å². The van der Waals surface area contributed by atoms with Gasteiger partial charge in [-0.3, -0.25) is 0 Å². The van der Waals surface area contributed by atoms with Crippen molar-refractivity contribution in [3.8, 4) is 0 Å². The number of hydrogen-bond donors (Lipinski definition) is 1. The van der Waals surface area contributed by atoms with Crippen LogP contribution in [0.15, 0.2) is 0 Å². The molecule has 1 N–H and O–H groups in total. The normalized spacial score (nSPS) is 31.2. The molecule has 5 heteroatoms. The van der Waals surface area contributed by atoms with Crippen molar-refractivity contribution in [1.29, 1.82) is 0 Å². The summed E-state index contributed by atoms with van der Waals surface area (Å²) >= 11 is 0. The van der Waals surface area contributed by atoms with Crippen LogP contribution in [0.2, 0.25) is 0 Å². The summed E-state index contributed by atoms with van der Waals surface area (Å²) < 4.78 is 10.7. The lowest BCUT2D eigenvalue weighted by atomic mass is 9.88. The van der Waals surface area contributed by atoms with Crippen molar-refractivity contribution < 1.29 is 14.3 Å². The highest BCUT2D eigenvalue weighted by atomic mass is 16.6. The first-order chi connectivity index (χ1) is 8.87. The first kappa shape index (κ1) is 14.6. The highest BCUT2D eigenvalue weighted by molar-refractivity contribution is 5.68. The molecule has 110 valence electrons. The molecule has 0 aromatic rings. The number of amides is 1. The number of carbonyl (C=O) groups excluding carboxylic acids is 1. The quantitative estimate of drug-likeness (QED) is 0.849. The lowest BCUT2D eigenvalue weighted by Gasteiger charge is -2.36. The number of nitrogens with one attached hydrogen (secondary N) is 1. The van der Waals surface area contributed by atoms with Crippen LogP contribution >= 0.6 is 0 Å². The molecule has 1 atom stereocenters. The third-order valence-electron chi connectivity index (χ3n) is 3.74. The van der Waals surface area contributed by atoms with E-state index < -0.39 is 5.60 Å². The van der Waals surface area contributed by atoms with Gasteiger partial charge in [0.05, 0.1) is 6.10 Å². The second-order valence-corrected chi connectivity index (χ2v) is 6.60. The van der Waals surface area contributed by atoms with E-state index in [0.29, 0.717) is 18.2 Å². The molecule has 1 saturated carbocycles. The van der Waals surface area contributed by atoms with Crippen LogP contribution in [0.5, 0.6) is 0 Å². The fourth-order valence-electron chi connectivity index (χ4n) is 2.62. The summed E-state index contributed by atoms with van der Waals surface area (Å²) in [5.74, 6) is 0. The summed E-state index contributed by atoms with van der Waals surface area (Å²) in [6, 6.07) is 0.948. The summed E-state index contributed by atoms with van der Waals surface area (Å²) in [6.45, 7) is 7.23. The van der Waals surface area contributed by atoms with Crippen LogP contribution in [-0.2, 0) is 9.47 Å². The topological polar surface area (TPSA) is 50.8 Å². The van der Waals surface area contributed by atoms with Gasteiger partial charge in [0.1, 0.15) is 5.60 Å². The Hall–Kier alpha value is -0.810. The Morgan fingerprint density at radius 2 is 1.95 bits per heavy atom. The molecule has 0 radical (unpaired) electrons. The molecule has 2 rings (SSSR count). The van der Waals surface area contributed by atoms with Gasteiger partial charge in [-0.25, -0.2) is 4.79 Å². The molecule has 1 amide bonds. The Morgan fingerprint density at radius 3 is 2.53 bits per heavy atom. The Morgan fingerprint density at radius 1 is 1.26 bits per heavy atom. The average molecular weight is 270 g/mol. The first-order valence-electron chi connectivity index (χ1n) is 7.14. The SMILES string of the molecule is COC1CC(NC2CCN(C(=O)OC(C)(C)C)C2)C1. The van der Waals surface area contributed by atoms with Gasteiger partial charge in [-0.15, -0.1) is 0 Å². The largest absolute Gasteiger partial charge is 0.444 e. The molecule has 1 unspecified atom stereocenters. The van der Waals surface area contributed by atoms with Crippen molar-refractivity contribution in [2.24, 2.45) is 0 Å². The minimum absolute atomic E-state index is 0.194. The number of nitrogens with zero attached hydrogens (tertiary/aromatic N) is 1. The van der Waals surface area contributed by atoms with E-state index in [1.807, 2.05) is 20.8 Å². The number of hydrogen-bond acceptors (Lipinski definition) is 4. The van der Waals surface area contributed by atoms with E-state index in [9.17, 15) is 4.79 Å². The Labute approximate surface area is 115 Å². The predicted octanol–water partition coefficient (Wildman–Crippen LogP) is 1.76. The zero-order chi connectivity index (χ0) is 14.0. The summed E-state index contributed by atoms with van der Waals surface area (Å²) in [6.07, 6.45) is 3.40. The molecule has 0 aromatic heterocycles. The molecule has 2 aliphatic rings. The molecule has 1 heterocycles. The van der Waals surface area contributed by atoms with Gasteiger partial charge >= 0.3 is 6.09 Å². The summed E-state index contributed by atoms with van der Waals surface area (Å²) in [5, 5.41) is 3.60. The minimum Gasteiger partial charge on any atom is -0.444 e. The zero-order valence-electron chi connectivity index (χ0n) is 12.4. The maximum Gasteiger partial charge on any atom is 0.410 e. The Balaban J connectivity index is 1.70. The molecule has 1 aliphatic carbocycles. The zero-order valence-corrected chi connectivity index (χ0v) is 12.4. The highest BCUT2D eigenvalue weighted by Crippen LogP contribution is 2.24. The Kier molecular flexibility index (Phi) is 4.36. The van der Waals surface area contributed by atoms with Gasteiger partial charge in [-0.1, -0.05) is 0 Å². The van der Waals surface area contributed by atoms with Crippen LogP contribution in [0.1, 0.15) is 40.0 Å². The van der Waals surface area contributed by atoms with Crippen molar-refractivity contribution in [2.45, 2.75) is 63.8 Å². The van der Waals surface area contributed by atoms with E-state index in [2.05, 4.69) is 5.32 Å². The van der Waals surface area contributed by atoms with Crippen molar-refractivity contribution >= 4 is 6.09 Å². The lowest BCUT2D eigenvalue weighted by Crippen LogP contribution is -2.50. The minimum atomic E-state index is -0.414. The first-order valence-corrected chi connectivity index (χ1v) is 7.14. The van der Waals surface area contributed by atoms with E-state index in [1.54, 1.807) is 12.0 Å². The predicted molar refractivity (Wildman–Crippen MR) is 73.2 cm³/mol. The van der Waals surface area contributed by atoms with Crippen molar-refractivity contribution in [3.63, 3.8) is 0 Å². The lowest BCUT2D eigenvalue weighted by molar-refractivity contribution is 0.0133. The van der Waals surface area contributed by atoms with E-state index in [1.165, 1.54) is 0 Å². The highest BCUT2D eigenvalue weighted by Gasteiger charge is 2.34. The molecule has 0 aromatic carbocycles. The standard InChI is InChI=1S/C14H26N2O3/c1-14(2,3)19-13(17)16-6-5-10(9-16)15-11-7-12(8-11)18-4/h10-12,15H,5-9H2,1-4H3. The average Bonchev–Trinajstić information content (AvgIpc) is 2.68. The second-order valence-electron chi connectivity index (χ2n) is 6.60. The molecule has 0 bridgehead atoms. The van der Waals surface area contributed by atoms with Crippen LogP contribution in [0.3, 0.4) is 0 Å². The van der Waals surface area contributed by atoms with Crippen LogP contribution < -0.4 is 5.32 Å². The van der Waals surface area contributed by atoms with Gasteiger partial charge in [-0.2, -0.15) is 0 Å². The number of ether oxygens (including phenoxy) is 2. The molecule has 0 spiro atoms. The summed E-state index contributed by atoms with van der Waals surface area (Å²) in [5.41, 5.74) is -0.414. The smallest absolute Gasteiger partial charge is 0.410 e. The fourth-order valence-corrected chi connectivity index (χ4v) is 2.62. The Bertz CT molecular complexity index is 321. The number of methoxy groups -OCH3 is 1. The van der Waals surface area contributed by atoms with E-state index in [4.69, 9.17) is 9.47 Å². The molecular formula is C14H26N2O3. The third kappa shape index (κ3) is 4.08. The number of likely N-dealkylation sites (tertiary alicyclic amines) is 1. The van der Waals surface area contributed by atoms with Gasteiger partial charge in [0.15, 0.2) is 0 Å². The van der Waals surface area contributed by atoms with E-state index >= 15 is 0 Å². The van der Waals surface area contributed by atoms with Crippen LogP contribution in [0.4, 0.5) is 4.79 Å². The van der Waals surface area contributed by atoms with Crippen LogP contribution in [0, 0.1) is 0 Å². The van der Waals surface area contributed by atoms with Crippen molar-refractivity contribution in [1.82, 2.24) is 10.2 Å². The maximum absolute atomic E-state index is 11.9. The molecule has 1 aliphatic heterocycles. The van der Waals surface area contributed by atoms with Gasteiger partial charge in [-0.05, 0) is 40.0 Å². The summed E-state index contributed by atoms with van der Waals surface area (Å²) in [7, 11) is 1.76. The van der Waals surface area contributed by atoms with Gasteiger partial charge in [0.25, 0.3) is 0 Å². The van der Waals surface area contributed by atoms with Crippen molar-refractivity contribution in [3.05, 3.63) is 0 Å². The van der Waals surface area contributed by atoms with Gasteiger partial charge < -0.3 is 19.7 Å². The second kappa shape index (κ2) is 5.67. The third-order valence-corrected chi connectivity index (χ3v) is 3.74. The number of rotatable bonds is 3. The monoisotopic (exact) mass is 270 g/mol. The van der Waals surface area contributed by atoms with Gasteiger partial charge in [0.2, 0.25) is 0 Å². The van der Waals surface area contributed by atoms with Crippen molar-refractivity contribution in [2.75, 3.05) is 20.2 Å². The maximum atomic E-state index is 11.9.